The summed E-state index contributed by atoms with van der Waals surface area (Å²) in [6, 6.07) is 12.2. The van der Waals surface area contributed by atoms with Crippen LogP contribution in [0.1, 0.15) is 38.1 Å². The van der Waals surface area contributed by atoms with Crippen LogP contribution in [0.4, 0.5) is 4.79 Å². The van der Waals surface area contributed by atoms with Crippen LogP contribution in [0.3, 0.4) is 0 Å². The lowest BCUT2D eigenvalue weighted by Gasteiger charge is -2.20. The molecule has 144 valence electrons. The Bertz CT molecular complexity index is 752. The van der Waals surface area contributed by atoms with E-state index in [0.717, 1.165) is 17.0 Å². The van der Waals surface area contributed by atoms with Gasteiger partial charge < -0.3 is 10.1 Å². The molecule has 1 heterocycles. The second kappa shape index (κ2) is 10.3. The van der Waals surface area contributed by atoms with Gasteiger partial charge in [0, 0.05) is 18.8 Å². The Balaban J connectivity index is 1.91. The maximum atomic E-state index is 12.1. The van der Waals surface area contributed by atoms with Gasteiger partial charge in [0.25, 0.3) is 0 Å². The summed E-state index contributed by atoms with van der Waals surface area (Å²) in [6.07, 6.45) is 1.73. The zero-order valence-corrected chi connectivity index (χ0v) is 15.9. The molecule has 0 aliphatic rings. The van der Waals surface area contributed by atoms with Crippen molar-refractivity contribution in [2.75, 3.05) is 6.54 Å². The van der Waals surface area contributed by atoms with Crippen LogP contribution in [-0.2, 0) is 11.4 Å². The number of nitrogens with one attached hydrogen (secondary N) is 3. The number of amides is 3. The van der Waals surface area contributed by atoms with Crippen LogP contribution in [0.25, 0.3) is 0 Å². The van der Waals surface area contributed by atoms with Crippen LogP contribution >= 0.6 is 0 Å². The Hall–Kier alpha value is -2.93. The van der Waals surface area contributed by atoms with Crippen molar-refractivity contribution in [3.05, 3.63) is 59.9 Å². The summed E-state index contributed by atoms with van der Waals surface area (Å²) in [4.78, 5) is 27.7. The maximum absolute atomic E-state index is 12.1. The highest BCUT2D eigenvalue weighted by molar-refractivity contribution is 5.96. The Morgan fingerprint density at radius 3 is 2.67 bits per heavy atom. The standard InChI is InChI=1S/C20H26N4O3/c1-4-21-20(26)24-19(25)15(3)23-14(2)16-8-7-10-18(12-16)27-13-17-9-5-6-11-22-17/h5-12,14-15,23H,4,13H2,1-3H3,(H2,21,24,25,26)/t14-,15+/m0/s1. The number of hydrogen-bond donors (Lipinski definition) is 3. The fraction of sp³-hybridized carbons (Fsp3) is 0.350. The summed E-state index contributed by atoms with van der Waals surface area (Å²) >= 11 is 0. The topological polar surface area (TPSA) is 92.4 Å². The van der Waals surface area contributed by atoms with Crippen LogP contribution in [0.2, 0.25) is 0 Å². The van der Waals surface area contributed by atoms with Gasteiger partial charge in [-0.2, -0.15) is 0 Å². The molecule has 0 unspecified atom stereocenters. The molecule has 7 heteroatoms. The van der Waals surface area contributed by atoms with Gasteiger partial charge in [0.05, 0.1) is 11.7 Å². The van der Waals surface area contributed by atoms with E-state index in [4.69, 9.17) is 4.74 Å². The van der Waals surface area contributed by atoms with Crippen LogP contribution in [0.15, 0.2) is 48.7 Å². The van der Waals surface area contributed by atoms with Gasteiger partial charge in [0.1, 0.15) is 12.4 Å². The first kappa shape index (κ1) is 20.4. The number of urea groups is 1. The lowest BCUT2D eigenvalue weighted by molar-refractivity contribution is -0.121. The summed E-state index contributed by atoms with van der Waals surface area (Å²) in [5.74, 6) is 0.349. The first-order valence-corrected chi connectivity index (χ1v) is 8.97. The molecule has 3 N–H and O–H groups in total. The second-order valence-electron chi connectivity index (χ2n) is 6.14. The van der Waals surface area contributed by atoms with Crippen molar-refractivity contribution >= 4 is 11.9 Å². The van der Waals surface area contributed by atoms with Crippen molar-refractivity contribution in [2.24, 2.45) is 0 Å². The van der Waals surface area contributed by atoms with Gasteiger partial charge in [-0.25, -0.2) is 4.79 Å². The first-order chi connectivity index (χ1) is 13.0. The molecule has 0 radical (unpaired) electrons. The van der Waals surface area contributed by atoms with Gasteiger partial charge in [-0.3, -0.25) is 20.4 Å². The highest BCUT2D eigenvalue weighted by Crippen LogP contribution is 2.20. The minimum atomic E-state index is -0.527. The molecule has 2 aromatic rings. The van der Waals surface area contributed by atoms with Crippen molar-refractivity contribution in [1.82, 2.24) is 20.9 Å². The molecule has 0 saturated heterocycles. The van der Waals surface area contributed by atoms with Crippen LogP contribution in [-0.4, -0.2) is 29.5 Å². The zero-order valence-electron chi connectivity index (χ0n) is 15.9. The molecule has 0 spiro atoms. The lowest BCUT2D eigenvalue weighted by atomic mass is 10.1. The average Bonchev–Trinajstić information content (AvgIpc) is 2.67. The van der Waals surface area contributed by atoms with Crippen molar-refractivity contribution in [3.8, 4) is 5.75 Å². The SMILES string of the molecule is CCNC(=O)NC(=O)[C@@H](C)N[C@@H](C)c1cccc(OCc2ccccn2)c1. The predicted octanol–water partition coefficient (Wildman–Crippen LogP) is 2.55. The van der Waals surface area contributed by atoms with Crippen LogP contribution in [0.5, 0.6) is 5.75 Å². The average molecular weight is 370 g/mol. The third-order valence-electron chi connectivity index (χ3n) is 3.94. The number of benzene rings is 1. The molecule has 0 aliphatic heterocycles. The maximum Gasteiger partial charge on any atom is 0.321 e. The molecular weight excluding hydrogens is 344 g/mol. The number of rotatable bonds is 8. The van der Waals surface area contributed by atoms with Crippen molar-refractivity contribution in [2.45, 2.75) is 39.5 Å². The summed E-state index contributed by atoms with van der Waals surface area (Å²) in [5, 5.41) is 8.02. The molecule has 2 atom stereocenters. The second-order valence-corrected chi connectivity index (χ2v) is 6.14. The highest BCUT2D eigenvalue weighted by atomic mass is 16.5. The number of ether oxygens (including phenoxy) is 1. The Labute approximate surface area is 159 Å². The van der Waals surface area contributed by atoms with E-state index in [0.29, 0.717) is 13.2 Å². The molecule has 1 aromatic heterocycles. The Morgan fingerprint density at radius 2 is 1.96 bits per heavy atom. The van der Waals surface area contributed by atoms with Crippen molar-refractivity contribution in [3.63, 3.8) is 0 Å². The number of aromatic nitrogens is 1. The summed E-state index contributed by atoms with van der Waals surface area (Å²) in [6.45, 7) is 6.30. The van der Waals surface area contributed by atoms with E-state index in [1.807, 2.05) is 49.4 Å². The quantitative estimate of drug-likeness (QED) is 0.664. The van der Waals surface area contributed by atoms with Gasteiger partial charge in [-0.05, 0) is 50.6 Å². The van der Waals surface area contributed by atoms with E-state index in [2.05, 4.69) is 20.9 Å². The molecule has 0 aliphatic carbocycles. The van der Waals surface area contributed by atoms with Crippen molar-refractivity contribution in [1.29, 1.82) is 0 Å². The van der Waals surface area contributed by atoms with E-state index in [-0.39, 0.29) is 11.9 Å². The summed E-state index contributed by atoms with van der Waals surface area (Å²) in [5.41, 5.74) is 1.83. The number of hydrogen-bond acceptors (Lipinski definition) is 5. The predicted molar refractivity (Wildman–Crippen MR) is 103 cm³/mol. The normalized spacial score (nSPS) is 12.7. The molecule has 0 bridgehead atoms. The monoisotopic (exact) mass is 370 g/mol. The third-order valence-corrected chi connectivity index (χ3v) is 3.94. The zero-order chi connectivity index (χ0) is 19.6. The van der Waals surface area contributed by atoms with Crippen LogP contribution < -0.4 is 20.7 Å². The number of carbonyl (C=O) groups is 2. The Kier molecular flexibility index (Phi) is 7.76. The van der Waals surface area contributed by atoms with E-state index >= 15 is 0 Å². The van der Waals surface area contributed by atoms with Crippen LogP contribution in [0, 0.1) is 0 Å². The largest absolute Gasteiger partial charge is 0.487 e. The van der Waals surface area contributed by atoms with Gasteiger partial charge in [0.15, 0.2) is 0 Å². The molecule has 0 fully saturated rings. The molecule has 7 nitrogen and oxygen atoms in total. The van der Waals surface area contributed by atoms with E-state index in [1.165, 1.54) is 0 Å². The first-order valence-electron chi connectivity index (χ1n) is 8.97. The number of nitrogens with zero attached hydrogens (tertiary/aromatic N) is 1. The Morgan fingerprint density at radius 1 is 1.15 bits per heavy atom. The molecule has 1 aromatic carbocycles. The van der Waals surface area contributed by atoms with E-state index < -0.39 is 12.1 Å². The summed E-state index contributed by atoms with van der Waals surface area (Å²) in [7, 11) is 0. The number of pyridine rings is 1. The van der Waals surface area contributed by atoms with Gasteiger partial charge >= 0.3 is 6.03 Å². The minimum Gasteiger partial charge on any atom is -0.487 e. The van der Waals surface area contributed by atoms with E-state index in [9.17, 15) is 9.59 Å². The minimum absolute atomic E-state index is 0.0987. The third kappa shape index (κ3) is 6.71. The highest BCUT2D eigenvalue weighted by Gasteiger charge is 2.18. The number of imide groups is 1. The van der Waals surface area contributed by atoms with Gasteiger partial charge in [0.2, 0.25) is 5.91 Å². The molecule has 27 heavy (non-hydrogen) atoms. The molecular formula is C20H26N4O3. The van der Waals surface area contributed by atoms with E-state index in [1.54, 1.807) is 20.0 Å². The fourth-order valence-electron chi connectivity index (χ4n) is 2.49. The smallest absolute Gasteiger partial charge is 0.321 e. The van der Waals surface area contributed by atoms with Gasteiger partial charge in [-0.15, -0.1) is 0 Å². The summed E-state index contributed by atoms with van der Waals surface area (Å²) < 4.78 is 5.79. The lowest BCUT2D eigenvalue weighted by Crippen LogP contribution is -2.48. The number of carbonyl (C=O) groups excluding carboxylic acids is 2. The van der Waals surface area contributed by atoms with Crippen molar-refractivity contribution < 1.29 is 14.3 Å². The molecule has 0 saturated carbocycles. The van der Waals surface area contributed by atoms with Gasteiger partial charge in [-0.1, -0.05) is 18.2 Å². The molecule has 3 amide bonds. The fourth-order valence-corrected chi connectivity index (χ4v) is 2.49. The molecule has 2 rings (SSSR count).